The van der Waals surface area contributed by atoms with Crippen LogP contribution < -0.4 is 0 Å². The molecule has 0 radical (unpaired) electrons. The predicted octanol–water partition coefficient (Wildman–Crippen LogP) is 4.54. The zero-order chi connectivity index (χ0) is 18.5. The standard InChI is InChI=1S/C24H31NO2/c26-24(15-16-24)19-27-23-13-11-22(12-14-23)25(17-20-7-3-1-4-8-20)18-21-9-5-2-6-10-21/h1-10,22-23,26H,11-19H2. The highest BCUT2D eigenvalue weighted by molar-refractivity contribution is 5.17. The second-order valence-corrected chi connectivity index (χ2v) is 8.34. The van der Waals surface area contributed by atoms with Gasteiger partial charge < -0.3 is 9.84 Å². The number of rotatable bonds is 8. The Morgan fingerprint density at radius 2 is 1.33 bits per heavy atom. The van der Waals surface area contributed by atoms with E-state index in [1.807, 2.05) is 0 Å². The lowest BCUT2D eigenvalue weighted by molar-refractivity contribution is -0.0446. The fourth-order valence-electron chi connectivity index (χ4n) is 4.09. The van der Waals surface area contributed by atoms with Crippen molar-refractivity contribution in [3.05, 3.63) is 71.8 Å². The third-order valence-corrected chi connectivity index (χ3v) is 6.03. The van der Waals surface area contributed by atoms with E-state index in [1.54, 1.807) is 0 Å². The largest absolute Gasteiger partial charge is 0.387 e. The van der Waals surface area contributed by atoms with Crippen molar-refractivity contribution in [2.45, 2.75) is 69.4 Å². The maximum atomic E-state index is 9.99. The summed E-state index contributed by atoms with van der Waals surface area (Å²) in [7, 11) is 0. The van der Waals surface area contributed by atoms with Crippen molar-refractivity contribution >= 4 is 0 Å². The minimum Gasteiger partial charge on any atom is -0.387 e. The van der Waals surface area contributed by atoms with Gasteiger partial charge in [0, 0.05) is 19.1 Å². The van der Waals surface area contributed by atoms with E-state index in [0.29, 0.717) is 18.8 Å². The molecule has 2 saturated carbocycles. The normalized spacial score (nSPS) is 24.1. The maximum absolute atomic E-state index is 9.99. The Morgan fingerprint density at radius 3 is 1.81 bits per heavy atom. The van der Waals surface area contributed by atoms with Crippen molar-refractivity contribution in [3.63, 3.8) is 0 Å². The Kier molecular flexibility index (Phi) is 5.92. The van der Waals surface area contributed by atoms with Crippen LogP contribution in [-0.2, 0) is 17.8 Å². The first-order chi connectivity index (χ1) is 13.2. The van der Waals surface area contributed by atoms with Gasteiger partial charge in [0.25, 0.3) is 0 Å². The first-order valence-electron chi connectivity index (χ1n) is 10.4. The Hall–Kier alpha value is -1.68. The van der Waals surface area contributed by atoms with E-state index >= 15 is 0 Å². The minimum atomic E-state index is -0.497. The summed E-state index contributed by atoms with van der Waals surface area (Å²) in [5.74, 6) is 0. The first kappa shape index (κ1) is 18.7. The molecular weight excluding hydrogens is 334 g/mol. The summed E-state index contributed by atoms with van der Waals surface area (Å²) in [5.41, 5.74) is 2.26. The lowest BCUT2D eigenvalue weighted by Crippen LogP contribution is -2.39. The van der Waals surface area contributed by atoms with E-state index in [9.17, 15) is 5.11 Å². The van der Waals surface area contributed by atoms with Crippen LogP contribution in [0.2, 0.25) is 0 Å². The molecule has 0 saturated heterocycles. The van der Waals surface area contributed by atoms with Crippen molar-refractivity contribution in [3.8, 4) is 0 Å². The SMILES string of the molecule is OC1(COC2CCC(N(Cc3ccccc3)Cc3ccccc3)CC2)CC1. The maximum Gasteiger partial charge on any atom is 0.0882 e. The third-order valence-electron chi connectivity index (χ3n) is 6.03. The van der Waals surface area contributed by atoms with Gasteiger partial charge in [0.1, 0.15) is 0 Å². The molecule has 144 valence electrons. The van der Waals surface area contributed by atoms with Crippen LogP contribution in [0.5, 0.6) is 0 Å². The molecule has 4 rings (SSSR count). The van der Waals surface area contributed by atoms with Crippen molar-refractivity contribution in [1.29, 1.82) is 0 Å². The van der Waals surface area contributed by atoms with E-state index in [-0.39, 0.29) is 0 Å². The second-order valence-electron chi connectivity index (χ2n) is 8.34. The van der Waals surface area contributed by atoms with Gasteiger partial charge in [-0.2, -0.15) is 0 Å². The van der Waals surface area contributed by atoms with E-state index in [1.165, 1.54) is 24.0 Å². The zero-order valence-electron chi connectivity index (χ0n) is 16.1. The molecule has 3 heteroatoms. The highest BCUT2D eigenvalue weighted by Crippen LogP contribution is 2.36. The molecule has 2 aromatic carbocycles. The lowest BCUT2D eigenvalue weighted by Gasteiger charge is -2.37. The summed E-state index contributed by atoms with van der Waals surface area (Å²) in [6.07, 6.45) is 6.67. The summed E-state index contributed by atoms with van der Waals surface area (Å²) in [4.78, 5) is 2.63. The number of benzene rings is 2. The fourth-order valence-corrected chi connectivity index (χ4v) is 4.09. The Balaban J connectivity index is 1.36. The quantitative estimate of drug-likeness (QED) is 0.745. The summed E-state index contributed by atoms with van der Waals surface area (Å²) >= 11 is 0. The molecule has 3 nitrogen and oxygen atoms in total. The Bertz CT molecular complexity index is 649. The highest BCUT2D eigenvalue weighted by atomic mass is 16.5. The van der Waals surface area contributed by atoms with Crippen LogP contribution in [0, 0.1) is 0 Å². The fraction of sp³-hybridized carbons (Fsp3) is 0.500. The molecule has 2 aromatic rings. The molecule has 2 fully saturated rings. The van der Waals surface area contributed by atoms with Gasteiger partial charge in [-0.25, -0.2) is 0 Å². The zero-order valence-corrected chi connectivity index (χ0v) is 16.1. The first-order valence-corrected chi connectivity index (χ1v) is 10.4. The number of ether oxygens (including phenoxy) is 1. The van der Waals surface area contributed by atoms with Gasteiger partial charge in [0.05, 0.1) is 18.3 Å². The highest BCUT2D eigenvalue weighted by Gasteiger charge is 2.41. The third kappa shape index (κ3) is 5.41. The molecule has 2 aliphatic carbocycles. The predicted molar refractivity (Wildman–Crippen MR) is 108 cm³/mol. The van der Waals surface area contributed by atoms with Gasteiger partial charge in [-0.05, 0) is 49.7 Å². The summed E-state index contributed by atoms with van der Waals surface area (Å²) < 4.78 is 6.01. The number of nitrogens with zero attached hydrogens (tertiary/aromatic N) is 1. The van der Waals surface area contributed by atoms with Gasteiger partial charge in [-0.1, -0.05) is 60.7 Å². The topological polar surface area (TPSA) is 32.7 Å². The molecule has 0 unspecified atom stereocenters. The van der Waals surface area contributed by atoms with E-state index in [2.05, 4.69) is 65.6 Å². The summed E-state index contributed by atoms with van der Waals surface area (Å²) in [5, 5.41) is 9.99. The van der Waals surface area contributed by atoms with Gasteiger partial charge in [0.15, 0.2) is 0 Å². The number of hydrogen-bond donors (Lipinski definition) is 1. The average Bonchev–Trinajstić information content (AvgIpc) is 3.46. The van der Waals surface area contributed by atoms with Gasteiger partial charge in [0.2, 0.25) is 0 Å². The van der Waals surface area contributed by atoms with Crippen LogP contribution >= 0.6 is 0 Å². The van der Waals surface area contributed by atoms with Crippen LogP contribution in [0.3, 0.4) is 0 Å². The van der Waals surface area contributed by atoms with Crippen LogP contribution in [0.25, 0.3) is 0 Å². The summed E-state index contributed by atoms with van der Waals surface area (Å²) in [6.45, 7) is 2.51. The lowest BCUT2D eigenvalue weighted by atomic mass is 9.91. The second kappa shape index (κ2) is 8.55. The van der Waals surface area contributed by atoms with E-state index in [4.69, 9.17) is 4.74 Å². The van der Waals surface area contributed by atoms with Crippen molar-refractivity contribution in [1.82, 2.24) is 4.90 Å². The molecule has 0 spiro atoms. The van der Waals surface area contributed by atoms with Crippen molar-refractivity contribution in [2.75, 3.05) is 6.61 Å². The molecule has 0 bridgehead atoms. The smallest absolute Gasteiger partial charge is 0.0882 e. The van der Waals surface area contributed by atoms with Crippen LogP contribution in [0.1, 0.15) is 49.7 Å². The Labute approximate surface area is 163 Å². The van der Waals surface area contributed by atoms with Crippen molar-refractivity contribution in [2.24, 2.45) is 0 Å². The average molecular weight is 366 g/mol. The van der Waals surface area contributed by atoms with Gasteiger partial charge in [-0.15, -0.1) is 0 Å². The molecule has 0 amide bonds. The Morgan fingerprint density at radius 1 is 0.815 bits per heavy atom. The van der Waals surface area contributed by atoms with E-state index in [0.717, 1.165) is 38.8 Å². The number of aliphatic hydroxyl groups is 1. The molecule has 0 atom stereocenters. The molecule has 0 heterocycles. The molecule has 27 heavy (non-hydrogen) atoms. The monoisotopic (exact) mass is 365 g/mol. The number of hydrogen-bond acceptors (Lipinski definition) is 3. The van der Waals surface area contributed by atoms with Gasteiger partial charge >= 0.3 is 0 Å². The molecule has 1 N–H and O–H groups in total. The van der Waals surface area contributed by atoms with E-state index < -0.39 is 5.60 Å². The van der Waals surface area contributed by atoms with Crippen LogP contribution in [0.15, 0.2) is 60.7 Å². The molecule has 0 aromatic heterocycles. The molecule has 2 aliphatic rings. The van der Waals surface area contributed by atoms with Gasteiger partial charge in [-0.3, -0.25) is 4.90 Å². The van der Waals surface area contributed by atoms with Crippen molar-refractivity contribution < 1.29 is 9.84 Å². The minimum absolute atomic E-state index is 0.321. The summed E-state index contributed by atoms with van der Waals surface area (Å²) in [6, 6.07) is 22.2. The van der Waals surface area contributed by atoms with Crippen LogP contribution in [0.4, 0.5) is 0 Å². The molecule has 0 aliphatic heterocycles. The molecular formula is C24H31NO2. The van der Waals surface area contributed by atoms with Crippen LogP contribution in [-0.4, -0.2) is 34.4 Å².